The molecule has 0 spiro atoms. The molecule has 5 heteroatoms. The van der Waals surface area contributed by atoms with Crippen LogP contribution >= 0.6 is 35.4 Å². The fourth-order valence-corrected chi connectivity index (χ4v) is 2.08. The summed E-state index contributed by atoms with van der Waals surface area (Å²) in [4.78, 5) is 7.57. The molecule has 0 saturated heterocycles. The molecule has 0 fully saturated rings. The summed E-state index contributed by atoms with van der Waals surface area (Å²) in [7, 11) is 0. The summed E-state index contributed by atoms with van der Waals surface area (Å²) in [6.07, 6.45) is 0. The summed E-state index contributed by atoms with van der Waals surface area (Å²) in [5.74, 6) is 1.15. The Balaban J connectivity index is 2.56. The van der Waals surface area contributed by atoms with Gasteiger partial charge in [-0.3, -0.25) is 0 Å². The molecule has 0 amide bonds. The lowest BCUT2D eigenvalue weighted by Crippen LogP contribution is -1.99. The van der Waals surface area contributed by atoms with E-state index in [1.54, 1.807) is 6.07 Å². The standard InChI is InChI=1S/C13H12Cl2N2S/c1-7(2)13-16-11(6-12(18)17-13)8-3-4-9(14)10(15)5-8/h3-7H,1-2H3,(H,16,17,18). The number of H-pyrrole nitrogens is 1. The average Bonchev–Trinajstić information content (AvgIpc) is 2.31. The number of rotatable bonds is 2. The highest BCUT2D eigenvalue weighted by Crippen LogP contribution is 2.28. The average molecular weight is 299 g/mol. The van der Waals surface area contributed by atoms with E-state index in [1.807, 2.05) is 18.2 Å². The number of aromatic nitrogens is 2. The van der Waals surface area contributed by atoms with Crippen molar-refractivity contribution < 1.29 is 0 Å². The van der Waals surface area contributed by atoms with E-state index in [4.69, 9.17) is 35.4 Å². The van der Waals surface area contributed by atoms with Gasteiger partial charge in [-0.05, 0) is 23.8 Å². The van der Waals surface area contributed by atoms with E-state index in [1.165, 1.54) is 0 Å². The number of halogens is 2. The lowest BCUT2D eigenvalue weighted by Gasteiger charge is -2.09. The van der Waals surface area contributed by atoms with Gasteiger partial charge in [-0.1, -0.05) is 55.3 Å². The van der Waals surface area contributed by atoms with Crippen molar-refractivity contribution in [1.29, 1.82) is 0 Å². The SMILES string of the molecule is CC(C)c1nc(=S)cc(-c2ccc(Cl)c(Cl)c2)[nH]1. The van der Waals surface area contributed by atoms with Crippen LogP contribution in [0.25, 0.3) is 11.3 Å². The summed E-state index contributed by atoms with van der Waals surface area (Å²) in [6.45, 7) is 4.12. The quantitative estimate of drug-likeness (QED) is 0.768. The summed E-state index contributed by atoms with van der Waals surface area (Å²) >= 11 is 17.1. The van der Waals surface area contributed by atoms with E-state index in [-0.39, 0.29) is 5.92 Å². The van der Waals surface area contributed by atoms with E-state index >= 15 is 0 Å². The molecule has 0 saturated carbocycles. The lowest BCUT2D eigenvalue weighted by molar-refractivity contribution is 0.773. The van der Waals surface area contributed by atoms with E-state index in [0.717, 1.165) is 17.1 Å². The Morgan fingerprint density at radius 1 is 1.17 bits per heavy atom. The molecule has 0 atom stereocenters. The molecule has 1 aromatic heterocycles. The van der Waals surface area contributed by atoms with E-state index in [9.17, 15) is 0 Å². The fraction of sp³-hybridized carbons (Fsp3) is 0.231. The van der Waals surface area contributed by atoms with Crippen molar-refractivity contribution in [2.45, 2.75) is 19.8 Å². The second kappa shape index (κ2) is 5.39. The van der Waals surface area contributed by atoms with Crippen LogP contribution in [0.1, 0.15) is 25.6 Å². The third-order valence-corrected chi connectivity index (χ3v) is 3.49. The van der Waals surface area contributed by atoms with Gasteiger partial charge in [-0.25, -0.2) is 4.98 Å². The molecule has 0 aliphatic carbocycles. The number of nitrogens with zero attached hydrogens (tertiary/aromatic N) is 1. The molecular weight excluding hydrogens is 287 g/mol. The zero-order valence-corrected chi connectivity index (χ0v) is 12.3. The normalized spacial score (nSPS) is 10.9. The number of hydrogen-bond donors (Lipinski definition) is 1. The van der Waals surface area contributed by atoms with Gasteiger partial charge in [0.25, 0.3) is 0 Å². The maximum Gasteiger partial charge on any atom is 0.130 e. The third kappa shape index (κ3) is 2.91. The summed E-state index contributed by atoms with van der Waals surface area (Å²) in [5.41, 5.74) is 1.84. The Morgan fingerprint density at radius 3 is 2.50 bits per heavy atom. The molecule has 94 valence electrons. The molecule has 2 aromatic rings. The lowest BCUT2D eigenvalue weighted by atomic mass is 10.1. The predicted octanol–water partition coefficient (Wildman–Crippen LogP) is 5.24. The van der Waals surface area contributed by atoms with Crippen molar-refractivity contribution in [2.75, 3.05) is 0 Å². The number of nitrogens with one attached hydrogen (secondary N) is 1. The van der Waals surface area contributed by atoms with Crippen molar-refractivity contribution in [3.05, 3.63) is 44.8 Å². The van der Waals surface area contributed by atoms with Gasteiger partial charge in [-0.2, -0.15) is 0 Å². The number of hydrogen-bond acceptors (Lipinski definition) is 2. The Morgan fingerprint density at radius 2 is 1.89 bits per heavy atom. The Bertz CT molecular complexity index is 635. The summed E-state index contributed by atoms with van der Waals surface area (Å²) in [5, 5.41) is 1.06. The van der Waals surface area contributed by atoms with Crippen LogP contribution in [0, 0.1) is 4.64 Å². The first-order valence-corrected chi connectivity index (χ1v) is 6.70. The Labute approximate surface area is 121 Å². The minimum absolute atomic E-state index is 0.287. The van der Waals surface area contributed by atoms with Crippen LogP contribution < -0.4 is 0 Å². The monoisotopic (exact) mass is 298 g/mol. The topological polar surface area (TPSA) is 28.7 Å². The van der Waals surface area contributed by atoms with E-state index in [0.29, 0.717) is 14.7 Å². The molecular formula is C13H12Cl2N2S. The van der Waals surface area contributed by atoms with Crippen molar-refractivity contribution in [1.82, 2.24) is 9.97 Å². The molecule has 0 unspecified atom stereocenters. The number of benzene rings is 1. The van der Waals surface area contributed by atoms with Crippen LogP contribution in [0.5, 0.6) is 0 Å². The highest BCUT2D eigenvalue weighted by molar-refractivity contribution is 7.71. The zero-order chi connectivity index (χ0) is 13.3. The third-order valence-electron chi connectivity index (χ3n) is 2.54. The maximum absolute atomic E-state index is 6.02. The number of aromatic amines is 1. The van der Waals surface area contributed by atoms with Crippen LogP contribution in [-0.2, 0) is 0 Å². The van der Waals surface area contributed by atoms with Gasteiger partial charge in [0.2, 0.25) is 0 Å². The van der Waals surface area contributed by atoms with Gasteiger partial charge in [0.15, 0.2) is 0 Å². The predicted molar refractivity (Wildman–Crippen MR) is 79.0 cm³/mol. The molecule has 18 heavy (non-hydrogen) atoms. The molecule has 0 radical (unpaired) electrons. The smallest absolute Gasteiger partial charge is 0.130 e. The molecule has 1 aromatic carbocycles. The minimum atomic E-state index is 0.287. The Kier molecular flexibility index (Phi) is 4.05. The highest BCUT2D eigenvalue weighted by Gasteiger charge is 2.07. The van der Waals surface area contributed by atoms with E-state index < -0.39 is 0 Å². The van der Waals surface area contributed by atoms with Crippen LogP contribution in [0.15, 0.2) is 24.3 Å². The van der Waals surface area contributed by atoms with Crippen LogP contribution in [-0.4, -0.2) is 9.97 Å². The Hall–Kier alpha value is -0.900. The minimum Gasteiger partial charge on any atom is -0.343 e. The van der Waals surface area contributed by atoms with Crippen molar-refractivity contribution in [3.63, 3.8) is 0 Å². The van der Waals surface area contributed by atoms with E-state index in [2.05, 4.69) is 23.8 Å². The van der Waals surface area contributed by atoms with Gasteiger partial charge in [0.05, 0.1) is 10.0 Å². The zero-order valence-electron chi connectivity index (χ0n) is 10.00. The van der Waals surface area contributed by atoms with Crippen LogP contribution in [0.4, 0.5) is 0 Å². The van der Waals surface area contributed by atoms with Gasteiger partial charge >= 0.3 is 0 Å². The van der Waals surface area contributed by atoms with Gasteiger partial charge in [0, 0.05) is 11.6 Å². The van der Waals surface area contributed by atoms with Gasteiger partial charge in [-0.15, -0.1) is 0 Å². The maximum atomic E-state index is 6.02. The molecule has 1 heterocycles. The van der Waals surface area contributed by atoms with Crippen LogP contribution in [0.3, 0.4) is 0 Å². The van der Waals surface area contributed by atoms with Crippen LogP contribution in [0.2, 0.25) is 10.0 Å². The second-order valence-electron chi connectivity index (χ2n) is 4.30. The van der Waals surface area contributed by atoms with Crippen molar-refractivity contribution in [2.24, 2.45) is 0 Å². The largest absolute Gasteiger partial charge is 0.343 e. The first-order valence-electron chi connectivity index (χ1n) is 5.54. The molecule has 2 rings (SSSR count). The first kappa shape index (κ1) is 13.5. The fourth-order valence-electron chi connectivity index (χ4n) is 1.57. The molecule has 0 bridgehead atoms. The molecule has 2 nitrogen and oxygen atoms in total. The second-order valence-corrected chi connectivity index (χ2v) is 5.53. The van der Waals surface area contributed by atoms with Crippen molar-refractivity contribution >= 4 is 35.4 Å². The molecule has 1 N–H and O–H groups in total. The van der Waals surface area contributed by atoms with Crippen molar-refractivity contribution in [3.8, 4) is 11.3 Å². The summed E-state index contributed by atoms with van der Waals surface area (Å²) in [6, 6.07) is 7.31. The molecule has 0 aliphatic rings. The van der Waals surface area contributed by atoms with Gasteiger partial charge < -0.3 is 4.98 Å². The molecule has 0 aliphatic heterocycles. The first-order chi connectivity index (χ1) is 8.47. The summed E-state index contributed by atoms with van der Waals surface area (Å²) < 4.78 is 0.568. The van der Waals surface area contributed by atoms with Gasteiger partial charge in [0.1, 0.15) is 10.5 Å². The highest BCUT2D eigenvalue weighted by atomic mass is 35.5.